The van der Waals surface area contributed by atoms with Gasteiger partial charge in [0.2, 0.25) is 5.91 Å². The highest BCUT2D eigenvalue weighted by Gasteiger charge is 2.30. The van der Waals surface area contributed by atoms with Crippen molar-refractivity contribution in [1.29, 1.82) is 0 Å². The van der Waals surface area contributed by atoms with E-state index in [9.17, 15) is 9.59 Å². The van der Waals surface area contributed by atoms with Crippen LogP contribution in [0, 0.1) is 0 Å². The number of amides is 1. The predicted molar refractivity (Wildman–Crippen MR) is 118 cm³/mol. The van der Waals surface area contributed by atoms with Crippen LogP contribution in [0.2, 0.25) is 0 Å². The molecule has 164 valence electrons. The zero-order valence-corrected chi connectivity index (χ0v) is 18.4. The number of benzene rings is 1. The summed E-state index contributed by atoms with van der Waals surface area (Å²) in [6, 6.07) is 8.88. The highest BCUT2D eigenvalue weighted by molar-refractivity contribution is 5.78. The molecule has 0 spiro atoms. The van der Waals surface area contributed by atoms with Crippen LogP contribution >= 0.6 is 0 Å². The molecule has 3 heterocycles. The summed E-state index contributed by atoms with van der Waals surface area (Å²) in [7, 11) is 1.76. The van der Waals surface area contributed by atoms with Crippen LogP contribution in [0.3, 0.4) is 0 Å². The molecule has 1 saturated carbocycles. The van der Waals surface area contributed by atoms with E-state index < -0.39 is 0 Å². The first kappa shape index (κ1) is 20.4. The lowest BCUT2D eigenvalue weighted by atomic mass is 9.91. The van der Waals surface area contributed by atoms with Gasteiger partial charge in [-0.15, -0.1) is 0 Å². The zero-order valence-electron chi connectivity index (χ0n) is 18.4. The van der Waals surface area contributed by atoms with Gasteiger partial charge >= 0.3 is 5.69 Å². The van der Waals surface area contributed by atoms with Gasteiger partial charge in [0, 0.05) is 51.4 Å². The van der Waals surface area contributed by atoms with Crippen molar-refractivity contribution in [1.82, 2.24) is 19.3 Å². The first-order valence-corrected chi connectivity index (χ1v) is 11.5. The average Bonchev–Trinajstić information content (AvgIpc) is 2.74. The summed E-state index contributed by atoms with van der Waals surface area (Å²) in [6.07, 6.45) is 8.50. The van der Waals surface area contributed by atoms with Crippen molar-refractivity contribution in [2.45, 2.75) is 38.3 Å². The third-order valence-corrected chi connectivity index (χ3v) is 7.23. The number of rotatable bonds is 4. The first-order valence-electron chi connectivity index (χ1n) is 11.5. The lowest BCUT2D eigenvalue weighted by Crippen LogP contribution is -2.55. The molecular weight excluding hydrogens is 390 g/mol. The van der Waals surface area contributed by atoms with Gasteiger partial charge in [-0.1, -0.05) is 12.5 Å². The fraction of sp³-hybridized carbons (Fsp3) is 0.542. The van der Waals surface area contributed by atoms with E-state index in [1.165, 1.54) is 30.4 Å². The normalized spacial score (nSPS) is 20.4. The Morgan fingerprint density at radius 2 is 1.90 bits per heavy atom. The Morgan fingerprint density at radius 1 is 1.10 bits per heavy atom. The molecule has 1 saturated heterocycles. The van der Waals surface area contributed by atoms with Crippen molar-refractivity contribution in [3.63, 3.8) is 0 Å². The quantitative estimate of drug-likeness (QED) is 0.682. The van der Waals surface area contributed by atoms with E-state index in [-0.39, 0.29) is 11.6 Å². The van der Waals surface area contributed by atoms with E-state index in [0.717, 1.165) is 57.4 Å². The van der Waals surface area contributed by atoms with Crippen molar-refractivity contribution < 1.29 is 9.36 Å². The molecule has 3 aliphatic rings. The Hall–Kier alpha value is -2.51. The molecule has 2 aromatic rings. The van der Waals surface area contributed by atoms with Crippen molar-refractivity contribution in [2.24, 2.45) is 7.05 Å². The van der Waals surface area contributed by atoms with Crippen LogP contribution in [-0.4, -0.2) is 70.5 Å². The number of nitrogens with zero attached hydrogens (tertiary/aromatic N) is 5. The maximum Gasteiger partial charge on any atom is 0.502 e. The highest BCUT2D eigenvalue weighted by Crippen LogP contribution is 2.26. The molecule has 1 aromatic carbocycles. The number of aryl methyl sites for hydroxylation is 1. The number of carbonyl (C=O) groups excluding carboxylic acids is 1. The molecule has 7 heteroatoms. The van der Waals surface area contributed by atoms with Gasteiger partial charge in [0.25, 0.3) is 0 Å². The van der Waals surface area contributed by atoms with Crippen molar-refractivity contribution in [3.05, 3.63) is 58.3 Å². The zero-order chi connectivity index (χ0) is 21.4. The number of fused-ring (bicyclic) bond motifs is 1. The van der Waals surface area contributed by atoms with Crippen LogP contribution in [0.1, 0.15) is 30.4 Å². The predicted octanol–water partition coefficient (Wildman–Crippen LogP) is 0.717. The number of aromatic nitrogens is 2. The third kappa shape index (κ3) is 4.16. The minimum Gasteiger partial charge on any atom is -0.339 e. The second-order valence-corrected chi connectivity index (χ2v) is 9.17. The summed E-state index contributed by atoms with van der Waals surface area (Å²) in [5, 5.41) is 0. The van der Waals surface area contributed by atoms with E-state index >= 15 is 0 Å². The van der Waals surface area contributed by atoms with Gasteiger partial charge in [0.15, 0.2) is 0 Å². The second kappa shape index (κ2) is 8.55. The second-order valence-electron chi connectivity index (χ2n) is 9.17. The first-order chi connectivity index (χ1) is 15.1. The number of hydrogen-bond donors (Lipinski definition) is 0. The molecule has 0 unspecified atom stereocenters. The minimum absolute atomic E-state index is 0.0529. The largest absolute Gasteiger partial charge is 0.502 e. The summed E-state index contributed by atoms with van der Waals surface area (Å²) in [6.45, 7) is 5.96. The molecule has 7 nitrogen and oxygen atoms in total. The Morgan fingerprint density at radius 3 is 2.65 bits per heavy atom. The molecular formula is C24H32N5O2+. The molecule has 0 atom stereocenters. The molecule has 31 heavy (non-hydrogen) atoms. The standard InChI is InChI=1S/C24H32N5O2/c1-25-9-3-10-29(24(25)31)22-7-6-20-17-26(11-8-19(20)16-22)18-23(30)28-14-12-27(13-15-28)21-4-2-5-21/h3,6-7,9-10,16,21H,2,4-5,8,11-15,17-18H2,1H3/q+1. The van der Waals surface area contributed by atoms with E-state index in [1.54, 1.807) is 22.4 Å². The van der Waals surface area contributed by atoms with Gasteiger partial charge in [0.05, 0.1) is 19.8 Å². The highest BCUT2D eigenvalue weighted by atomic mass is 16.2. The Labute approximate surface area is 183 Å². The van der Waals surface area contributed by atoms with Crippen molar-refractivity contribution in [3.8, 4) is 5.69 Å². The van der Waals surface area contributed by atoms with Crippen molar-refractivity contribution >= 4 is 5.91 Å². The fourth-order valence-corrected chi connectivity index (χ4v) is 5.01. The van der Waals surface area contributed by atoms with Crippen LogP contribution in [0.25, 0.3) is 5.69 Å². The number of carbonyl (C=O) groups is 1. The van der Waals surface area contributed by atoms with E-state index in [4.69, 9.17) is 0 Å². The maximum atomic E-state index is 12.9. The van der Waals surface area contributed by atoms with Gasteiger partial charge in [-0.25, -0.2) is 4.57 Å². The Balaban J connectivity index is 1.20. The van der Waals surface area contributed by atoms with E-state index in [1.807, 2.05) is 18.3 Å². The topological polar surface area (TPSA) is 52.7 Å². The van der Waals surface area contributed by atoms with Gasteiger partial charge in [-0.2, -0.15) is 9.36 Å². The smallest absolute Gasteiger partial charge is 0.339 e. The summed E-state index contributed by atoms with van der Waals surface area (Å²) in [5.74, 6) is 0.261. The molecule has 0 bridgehead atoms. The molecule has 0 radical (unpaired) electrons. The fourth-order valence-electron chi connectivity index (χ4n) is 5.01. The van der Waals surface area contributed by atoms with Crippen molar-refractivity contribution in [2.75, 3.05) is 39.3 Å². The number of hydrogen-bond acceptors (Lipinski definition) is 4. The van der Waals surface area contributed by atoms with Gasteiger partial charge < -0.3 is 4.90 Å². The van der Waals surface area contributed by atoms with Crippen LogP contribution in [0.5, 0.6) is 0 Å². The van der Waals surface area contributed by atoms with Gasteiger partial charge in [-0.05, 0) is 42.5 Å². The summed E-state index contributed by atoms with van der Waals surface area (Å²) in [4.78, 5) is 32.2. The molecule has 0 N–H and O–H groups in total. The van der Waals surface area contributed by atoms with E-state index in [0.29, 0.717) is 6.54 Å². The average molecular weight is 423 g/mol. The molecule has 2 aliphatic heterocycles. The monoisotopic (exact) mass is 422 g/mol. The molecule has 1 amide bonds. The minimum atomic E-state index is -0.0529. The Kier molecular flexibility index (Phi) is 5.63. The summed E-state index contributed by atoms with van der Waals surface area (Å²) in [5.41, 5.74) is 3.37. The van der Waals surface area contributed by atoms with Crippen LogP contribution in [-0.2, 0) is 24.8 Å². The summed E-state index contributed by atoms with van der Waals surface area (Å²) < 4.78 is 3.26. The van der Waals surface area contributed by atoms with Crippen LogP contribution < -0.4 is 10.3 Å². The molecule has 1 aliphatic carbocycles. The van der Waals surface area contributed by atoms with E-state index in [2.05, 4.69) is 26.8 Å². The number of piperazine rings is 1. The molecule has 1 aromatic heterocycles. The SMILES string of the molecule is C[n+]1cccn(-c2ccc3c(c2)CCN(CC(=O)N2CCN(C4CCC4)CC2)C3)c1=O. The summed E-state index contributed by atoms with van der Waals surface area (Å²) >= 11 is 0. The molecule has 5 rings (SSSR count). The Bertz CT molecular complexity index is 1020. The van der Waals surface area contributed by atoms with Gasteiger partial charge in [0.1, 0.15) is 11.9 Å². The third-order valence-electron chi connectivity index (χ3n) is 7.23. The lowest BCUT2D eigenvalue weighted by molar-refractivity contribution is -0.690. The van der Waals surface area contributed by atoms with Crippen LogP contribution in [0.15, 0.2) is 41.5 Å². The maximum absolute atomic E-state index is 12.9. The van der Waals surface area contributed by atoms with Crippen LogP contribution in [0.4, 0.5) is 0 Å². The lowest BCUT2D eigenvalue weighted by Gasteiger charge is -2.43. The molecule has 2 fully saturated rings. The van der Waals surface area contributed by atoms with Gasteiger partial charge in [-0.3, -0.25) is 14.6 Å².